The summed E-state index contributed by atoms with van der Waals surface area (Å²) in [5, 5.41) is 15.3. The van der Waals surface area contributed by atoms with Crippen molar-refractivity contribution in [2.75, 3.05) is 13.2 Å². The number of halogens is 6. The number of carbonyl (C=O) groups excluding carboxylic acids is 1. The quantitative estimate of drug-likeness (QED) is 0.380. The molecule has 1 atom stereocenters. The molecule has 0 radical (unpaired) electrons. The number of rotatable bonds is 4. The Morgan fingerprint density at radius 1 is 1.29 bits per heavy atom. The van der Waals surface area contributed by atoms with Gasteiger partial charge in [-0.05, 0) is 0 Å². The third-order valence-electron chi connectivity index (χ3n) is 0.955. The molecule has 0 bridgehead atoms. The van der Waals surface area contributed by atoms with Crippen LogP contribution in [0.15, 0.2) is 0 Å². The van der Waals surface area contributed by atoms with Crippen molar-refractivity contribution in [3.8, 4) is 0 Å². The van der Waals surface area contributed by atoms with Gasteiger partial charge in [-0.1, -0.05) is 6.92 Å². The zero-order valence-corrected chi connectivity index (χ0v) is 15.8. The van der Waals surface area contributed by atoms with Gasteiger partial charge in [0.2, 0.25) is 6.10 Å². The van der Waals surface area contributed by atoms with Crippen molar-refractivity contribution >= 4 is 68.1 Å². The van der Waals surface area contributed by atoms with E-state index < -0.39 is 15.2 Å². The third kappa shape index (κ3) is 38.1. The molecule has 3 N–H and O–H groups in total. The zero-order chi connectivity index (χ0) is 14.4. The molecule has 0 aromatic rings. The Labute approximate surface area is 119 Å². The number of hydrogen-bond acceptors (Lipinski definition) is 3. The van der Waals surface area contributed by atoms with Gasteiger partial charge in [-0.2, -0.15) is 0 Å². The molecule has 0 amide bonds. The van der Waals surface area contributed by atoms with E-state index in [9.17, 15) is 4.79 Å². The van der Waals surface area contributed by atoms with Crippen LogP contribution >= 0.6 is 53.0 Å². The van der Waals surface area contributed by atoms with E-state index in [4.69, 9.17) is 63.2 Å². The van der Waals surface area contributed by atoms with E-state index in [1.807, 2.05) is 0 Å². The standard InChI is InChI=1S/C6H12O4.6ClH.Sb/c1-2-6(9)10-4-5(8)3-7;;;;;;;/h5,7-8H,2-4H2,1H3;6*1H;/q;;;;;;;+5/p-5. The first-order chi connectivity index (χ1) is 7.15. The van der Waals surface area contributed by atoms with Gasteiger partial charge in [-0.15, -0.1) is 0 Å². The molecule has 17 heavy (non-hydrogen) atoms. The van der Waals surface area contributed by atoms with Crippen LogP contribution in [0.25, 0.3) is 0 Å². The summed E-state index contributed by atoms with van der Waals surface area (Å²) in [5.41, 5.74) is 0. The molecule has 0 rings (SSSR count). The summed E-state index contributed by atoms with van der Waals surface area (Å²) in [7, 11) is 25.0. The molecule has 0 aromatic heterocycles. The van der Waals surface area contributed by atoms with Crippen molar-refractivity contribution in [2.45, 2.75) is 19.4 Å². The summed E-state index contributed by atoms with van der Waals surface area (Å²) < 4.78 is 4.56. The van der Waals surface area contributed by atoms with Crippen LogP contribution in [0.4, 0.5) is 0 Å². The summed E-state index contributed by atoms with van der Waals surface area (Å²) in [4.78, 5) is 10.4. The van der Waals surface area contributed by atoms with E-state index >= 15 is 0 Å². The van der Waals surface area contributed by atoms with E-state index in [1.165, 1.54) is 0 Å². The summed E-state index contributed by atoms with van der Waals surface area (Å²) >= 11 is 0. The molecule has 1 unspecified atom stereocenters. The molecule has 108 valence electrons. The zero-order valence-electron chi connectivity index (χ0n) is 8.68. The van der Waals surface area contributed by atoms with Crippen molar-refractivity contribution < 1.29 is 19.7 Å². The first-order valence-corrected chi connectivity index (χ1v) is 23.6. The second kappa shape index (κ2) is 7.10. The monoisotopic (exact) mass is 480 g/mol. The van der Waals surface area contributed by atoms with Crippen LogP contribution in [0.5, 0.6) is 0 Å². The molecule has 0 fully saturated rings. The van der Waals surface area contributed by atoms with Crippen molar-refractivity contribution in [1.29, 1.82) is 0 Å². The topological polar surface area (TPSA) is 69.4 Å². The second-order valence-corrected chi connectivity index (χ2v) is 59.8. The SMILES string of the molecule is CCC(=O)OCC([OH2+])CO.[Cl][Sb-]([Cl])([Cl])([Cl])([Cl])[Cl]. The van der Waals surface area contributed by atoms with Crippen molar-refractivity contribution in [1.82, 2.24) is 0 Å². The van der Waals surface area contributed by atoms with E-state index in [-0.39, 0.29) is 19.2 Å². The molecule has 4 nitrogen and oxygen atoms in total. The minimum absolute atomic E-state index is 0.0107. The molecular weight excluding hydrogens is 471 g/mol. The number of aliphatic hydroxyl groups excluding tert-OH is 1. The molecule has 0 aliphatic heterocycles. The summed E-state index contributed by atoms with van der Waals surface area (Å²) in [6.07, 6.45) is -0.381. The molecule has 0 aromatic carbocycles. The Kier molecular flexibility index (Phi) is 8.87. The van der Waals surface area contributed by atoms with E-state index in [0.29, 0.717) is 6.42 Å². The number of carbonyl (C=O) groups is 1. The minimum atomic E-state index is -5.42. The van der Waals surface area contributed by atoms with Crippen molar-refractivity contribution in [2.24, 2.45) is 0 Å². The maximum atomic E-state index is 10.4. The summed E-state index contributed by atoms with van der Waals surface area (Å²) in [6.45, 7) is 1.40. The summed E-state index contributed by atoms with van der Waals surface area (Å²) in [6, 6.07) is 0. The average Bonchev–Trinajstić information content (AvgIpc) is 2.08. The number of esters is 1. The van der Waals surface area contributed by atoms with Crippen molar-refractivity contribution in [3.63, 3.8) is 0 Å². The third-order valence-corrected chi connectivity index (χ3v) is 0.955. The molecule has 0 saturated heterocycles. The van der Waals surface area contributed by atoms with Gasteiger partial charge in [-0.25, -0.2) is 0 Å². The van der Waals surface area contributed by atoms with Gasteiger partial charge >= 0.3 is 68.1 Å². The number of aliphatic hydroxyl groups is 1. The van der Waals surface area contributed by atoms with Gasteiger partial charge in [0.15, 0.2) is 6.61 Å². The molecule has 0 spiro atoms. The maximum absolute atomic E-state index is 10.4. The molecular formula is C6H13Cl6O4Sb. The van der Waals surface area contributed by atoms with Gasteiger partial charge < -0.3 is 14.9 Å². The first kappa shape index (κ1) is 21.3. The molecule has 0 saturated carbocycles. The predicted molar refractivity (Wildman–Crippen MR) is 76.6 cm³/mol. The van der Waals surface area contributed by atoms with Gasteiger partial charge in [0.05, 0.1) is 0 Å². The van der Waals surface area contributed by atoms with Crippen LogP contribution in [0.1, 0.15) is 13.3 Å². The van der Waals surface area contributed by atoms with Crippen molar-refractivity contribution in [3.05, 3.63) is 0 Å². The van der Waals surface area contributed by atoms with Gasteiger partial charge in [0.1, 0.15) is 6.61 Å². The van der Waals surface area contributed by atoms with Crippen LogP contribution in [-0.2, 0) is 9.53 Å². The van der Waals surface area contributed by atoms with E-state index in [2.05, 4.69) is 4.74 Å². The number of ether oxygens (including phenoxy) is 1. The molecule has 0 aliphatic rings. The Bertz CT molecular complexity index is 237. The Morgan fingerprint density at radius 2 is 1.65 bits per heavy atom. The van der Waals surface area contributed by atoms with Crippen LogP contribution in [0.3, 0.4) is 0 Å². The fraction of sp³-hybridized carbons (Fsp3) is 0.833. The van der Waals surface area contributed by atoms with Gasteiger partial charge in [-0.3, -0.25) is 4.79 Å². The Morgan fingerprint density at radius 3 is 1.88 bits per heavy atom. The second-order valence-electron chi connectivity index (χ2n) is 2.87. The van der Waals surface area contributed by atoms with Gasteiger partial charge in [0, 0.05) is 6.42 Å². The average molecular weight is 484 g/mol. The van der Waals surface area contributed by atoms with Crippen LogP contribution < -0.4 is 0 Å². The van der Waals surface area contributed by atoms with Crippen LogP contribution in [0.2, 0.25) is 0 Å². The van der Waals surface area contributed by atoms with Gasteiger partial charge in [0.25, 0.3) is 0 Å². The normalized spacial score (nSPS) is 17.0. The van der Waals surface area contributed by atoms with Crippen LogP contribution in [-0.4, -0.2) is 44.6 Å². The summed E-state index contributed by atoms with van der Waals surface area (Å²) in [5.74, 6) is -0.328. The Hall–Kier alpha value is 1.95. The molecule has 11 heteroatoms. The molecule has 0 aliphatic carbocycles. The molecule has 0 heterocycles. The first-order valence-electron chi connectivity index (χ1n) is 4.19. The van der Waals surface area contributed by atoms with E-state index in [1.54, 1.807) is 6.92 Å². The fourth-order valence-electron chi connectivity index (χ4n) is 0.348. The fourth-order valence-corrected chi connectivity index (χ4v) is 0.348. The Balaban J connectivity index is 0. The van der Waals surface area contributed by atoms with E-state index in [0.717, 1.165) is 0 Å². The predicted octanol–water partition coefficient (Wildman–Crippen LogP) is 2.78. The van der Waals surface area contributed by atoms with Crippen LogP contribution in [0, 0.1) is 0 Å². The number of hydrogen-bond donors (Lipinski definition) is 1.